The number of carbonyl (C=O) groups excluding carboxylic acids is 1. The quantitative estimate of drug-likeness (QED) is 0.908. The van der Waals surface area contributed by atoms with Gasteiger partial charge in [0.15, 0.2) is 0 Å². The van der Waals surface area contributed by atoms with Gasteiger partial charge in [0, 0.05) is 24.0 Å². The van der Waals surface area contributed by atoms with Crippen LogP contribution in [0.25, 0.3) is 0 Å². The van der Waals surface area contributed by atoms with E-state index in [0.29, 0.717) is 6.42 Å². The van der Waals surface area contributed by atoms with Gasteiger partial charge in [-0.15, -0.1) is 0 Å². The zero-order valence-corrected chi connectivity index (χ0v) is 14.1. The molecule has 1 unspecified atom stereocenters. The monoisotopic (exact) mass is 327 g/mol. The summed E-state index contributed by atoms with van der Waals surface area (Å²) in [5.41, 5.74) is 2.48. The SMILES string of the molecule is CCc1ccc(Oc2ccc(C3CC(=O)NCCS3)cc2)cc1. The van der Waals surface area contributed by atoms with E-state index in [-0.39, 0.29) is 11.2 Å². The summed E-state index contributed by atoms with van der Waals surface area (Å²) in [5.74, 6) is 2.76. The van der Waals surface area contributed by atoms with Gasteiger partial charge in [-0.25, -0.2) is 0 Å². The Bertz CT molecular complexity index is 652. The summed E-state index contributed by atoms with van der Waals surface area (Å²) in [6.07, 6.45) is 1.57. The Morgan fingerprint density at radius 3 is 2.39 bits per heavy atom. The van der Waals surface area contributed by atoms with Crippen molar-refractivity contribution < 1.29 is 9.53 Å². The van der Waals surface area contributed by atoms with Gasteiger partial charge >= 0.3 is 0 Å². The number of rotatable bonds is 4. The van der Waals surface area contributed by atoms with E-state index in [9.17, 15) is 4.79 Å². The summed E-state index contributed by atoms with van der Waals surface area (Å²) in [5, 5.41) is 3.14. The molecule has 23 heavy (non-hydrogen) atoms. The summed E-state index contributed by atoms with van der Waals surface area (Å²) < 4.78 is 5.88. The molecule has 1 saturated heterocycles. The van der Waals surface area contributed by atoms with Crippen LogP contribution in [0.3, 0.4) is 0 Å². The van der Waals surface area contributed by atoms with Crippen LogP contribution in [-0.2, 0) is 11.2 Å². The molecule has 2 aromatic carbocycles. The third-order valence-electron chi connectivity index (χ3n) is 3.93. The average molecular weight is 327 g/mol. The van der Waals surface area contributed by atoms with Gasteiger partial charge < -0.3 is 10.1 Å². The van der Waals surface area contributed by atoms with E-state index in [4.69, 9.17) is 4.74 Å². The molecule has 1 fully saturated rings. The minimum atomic E-state index is 0.136. The second kappa shape index (κ2) is 7.55. The van der Waals surface area contributed by atoms with Crippen molar-refractivity contribution in [2.24, 2.45) is 0 Å². The molecule has 120 valence electrons. The van der Waals surface area contributed by atoms with Crippen molar-refractivity contribution >= 4 is 17.7 Å². The van der Waals surface area contributed by atoms with E-state index in [0.717, 1.165) is 30.2 Å². The molecule has 1 N–H and O–H groups in total. The third-order valence-corrected chi connectivity index (χ3v) is 5.21. The Kier molecular flexibility index (Phi) is 5.23. The van der Waals surface area contributed by atoms with Crippen molar-refractivity contribution in [3.8, 4) is 11.5 Å². The molecule has 4 heteroatoms. The van der Waals surface area contributed by atoms with Gasteiger partial charge in [-0.2, -0.15) is 11.8 Å². The van der Waals surface area contributed by atoms with Crippen LogP contribution in [0, 0.1) is 0 Å². The van der Waals surface area contributed by atoms with Crippen molar-refractivity contribution in [2.45, 2.75) is 25.0 Å². The lowest BCUT2D eigenvalue weighted by Crippen LogP contribution is -2.23. The topological polar surface area (TPSA) is 38.3 Å². The smallest absolute Gasteiger partial charge is 0.221 e. The molecule has 0 aliphatic carbocycles. The molecule has 1 amide bonds. The highest BCUT2D eigenvalue weighted by Gasteiger charge is 2.19. The van der Waals surface area contributed by atoms with Crippen LogP contribution < -0.4 is 10.1 Å². The lowest BCUT2D eigenvalue weighted by atomic mass is 10.1. The fourth-order valence-electron chi connectivity index (χ4n) is 2.58. The minimum absolute atomic E-state index is 0.136. The molecule has 0 bridgehead atoms. The summed E-state index contributed by atoms with van der Waals surface area (Å²) >= 11 is 1.83. The van der Waals surface area contributed by atoms with Crippen molar-refractivity contribution in [3.05, 3.63) is 59.7 Å². The molecular formula is C19H21NO2S. The molecule has 1 heterocycles. The van der Waals surface area contributed by atoms with Crippen LogP contribution in [0.15, 0.2) is 48.5 Å². The molecule has 3 rings (SSSR count). The Morgan fingerprint density at radius 2 is 1.74 bits per heavy atom. The second-order valence-corrected chi connectivity index (χ2v) is 6.89. The highest BCUT2D eigenvalue weighted by atomic mass is 32.2. The van der Waals surface area contributed by atoms with Crippen LogP contribution in [0.4, 0.5) is 0 Å². The van der Waals surface area contributed by atoms with E-state index >= 15 is 0 Å². The predicted molar refractivity (Wildman–Crippen MR) is 95.2 cm³/mol. The van der Waals surface area contributed by atoms with E-state index < -0.39 is 0 Å². The maximum absolute atomic E-state index is 11.7. The number of thioether (sulfide) groups is 1. The Hall–Kier alpha value is -1.94. The normalized spacial score (nSPS) is 18.1. The number of ether oxygens (including phenoxy) is 1. The van der Waals surface area contributed by atoms with Crippen molar-refractivity contribution in [1.82, 2.24) is 5.32 Å². The zero-order chi connectivity index (χ0) is 16.1. The second-order valence-electron chi connectivity index (χ2n) is 5.58. The largest absolute Gasteiger partial charge is 0.457 e. The van der Waals surface area contributed by atoms with Gasteiger partial charge in [0.25, 0.3) is 0 Å². The average Bonchev–Trinajstić information content (AvgIpc) is 2.81. The molecular weight excluding hydrogens is 306 g/mol. The molecule has 2 aromatic rings. The molecule has 1 atom stereocenters. The first-order valence-electron chi connectivity index (χ1n) is 7.99. The van der Waals surface area contributed by atoms with Crippen molar-refractivity contribution in [3.63, 3.8) is 0 Å². The zero-order valence-electron chi connectivity index (χ0n) is 13.2. The molecule has 0 aromatic heterocycles. The first-order valence-corrected chi connectivity index (χ1v) is 9.04. The lowest BCUT2D eigenvalue weighted by Gasteiger charge is -2.13. The van der Waals surface area contributed by atoms with Gasteiger partial charge in [0.1, 0.15) is 11.5 Å². The number of nitrogens with one attached hydrogen (secondary N) is 1. The van der Waals surface area contributed by atoms with E-state index in [1.807, 2.05) is 36.0 Å². The van der Waals surface area contributed by atoms with E-state index in [2.05, 4.69) is 36.5 Å². The molecule has 1 aliphatic heterocycles. The lowest BCUT2D eigenvalue weighted by molar-refractivity contribution is -0.120. The highest BCUT2D eigenvalue weighted by Crippen LogP contribution is 2.34. The van der Waals surface area contributed by atoms with Crippen LogP contribution >= 0.6 is 11.8 Å². The fourth-order valence-corrected chi connectivity index (χ4v) is 3.71. The van der Waals surface area contributed by atoms with E-state index in [1.165, 1.54) is 11.1 Å². The number of amides is 1. The molecule has 1 aliphatic rings. The van der Waals surface area contributed by atoms with Gasteiger partial charge in [0.05, 0.1) is 0 Å². The number of hydrogen-bond acceptors (Lipinski definition) is 3. The first-order chi connectivity index (χ1) is 11.2. The van der Waals surface area contributed by atoms with Crippen LogP contribution in [-0.4, -0.2) is 18.2 Å². The summed E-state index contributed by atoms with van der Waals surface area (Å²) in [6, 6.07) is 16.3. The Balaban J connectivity index is 1.67. The molecule has 0 saturated carbocycles. The summed E-state index contributed by atoms with van der Waals surface area (Å²) in [6.45, 7) is 2.90. The summed E-state index contributed by atoms with van der Waals surface area (Å²) in [7, 11) is 0. The minimum Gasteiger partial charge on any atom is -0.457 e. The maximum atomic E-state index is 11.7. The molecule has 0 radical (unpaired) electrons. The van der Waals surface area contributed by atoms with E-state index in [1.54, 1.807) is 0 Å². The van der Waals surface area contributed by atoms with Gasteiger partial charge in [-0.05, 0) is 41.8 Å². The first kappa shape index (κ1) is 15.9. The third kappa shape index (κ3) is 4.29. The Morgan fingerprint density at radius 1 is 1.09 bits per heavy atom. The fraction of sp³-hybridized carbons (Fsp3) is 0.316. The molecule has 0 spiro atoms. The number of aryl methyl sites for hydroxylation is 1. The molecule has 3 nitrogen and oxygen atoms in total. The van der Waals surface area contributed by atoms with Crippen LogP contribution in [0.1, 0.15) is 29.7 Å². The number of hydrogen-bond donors (Lipinski definition) is 1. The van der Waals surface area contributed by atoms with Gasteiger partial charge in [0.2, 0.25) is 5.91 Å². The maximum Gasteiger partial charge on any atom is 0.221 e. The highest BCUT2D eigenvalue weighted by molar-refractivity contribution is 7.99. The number of carbonyl (C=O) groups is 1. The predicted octanol–water partition coefficient (Wildman–Crippen LogP) is 4.34. The van der Waals surface area contributed by atoms with Gasteiger partial charge in [-0.3, -0.25) is 4.79 Å². The van der Waals surface area contributed by atoms with Crippen LogP contribution in [0.5, 0.6) is 11.5 Å². The Labute approximate surface area is 141 Å². The van der Waals surface area contributed by atoms with Crippen molar-refractivity contribution in [2.75, 3.05) is 12.3 Å². The van der Waals surface area contributed by atoms with Crippen molar-refractivity contribution in [1.29, 1.82) is 0 Å². The number of benzene rings is 2. The van der Waals surface area contributed by atoms with Gasteiger partial charge in [-0.1, -0.05) is 31.2 Å². The standard InChI is InChI=1S/C19H21NO2S/c1-2-14-3-7-16(8-4-14)22-17-9-5-15(6-10-17)18-13-19(21)20-11-12-23-18/h3-10,18H,2,11-13H2,1H3,(H,20,21). The van der Waals surface area contributed by atoms with Crippen LogP contribution in [0.2, 0.25) is 0 Å². The summed E-state index contributed by atoms with van der Waals surface area (Å²) in [4.78, 5) is 11.7.